The van der Waals surface area contributed by atoms with Gasteiger partial charge >= 0.3 is 0 Å². The normalized spacial score (nSPS) is 24.5. The van der Waals surface area contributed by atoms with Crippen LogP contribution in [-0.2, 0) is 10.5 Å². The summed E-state index contributed by atoms with van der Waals surface area (Å²) in [6.07, 6.45) is -0.444. The summed E-state index contributed by atoms with van der Waals surface area (Å²) in [5.74, 6) is 0.151. The van der Waals surface area contributed by atoms with Crippen LogP contribution < -0.4 is 5.32 Å². The van der Waals surface area contributed by atoms with E-state index in [-0.39, 0.29) is 17.0 Å². The summed E-state index contributed by atoms with van der Waals surface area (Å²) in [6.45, 7) is 0.565. The number of carbonyl (C=O) groups excluding carboxylic acids is 1. The molecule has 2 N–H and O–H groups in total. The molecule has 2 rings (SSSR count). The van der Waals surface area contributed by atoms with Gasteiger partial charge in [-0.25, -0.2) is 4.39 Å². The van der Waals surface area contributed by atoms with Gasteiger partial charge in [-0.05, 0) is 24.1 Å². The Morgan fingerprint density at radius 3 is 3.06 bits per heavy atom. The Labute approximate surface area is 103 Å². The van der Waals surface area contributed by atoms with Crippen LogP contribution in [0.3, 0.4) is 0 Å². The molecule has 3 nitrogen and oxygen atoms in total. The van der Waals surface area contributed by atoms with E-state index in [2.05, 4.69) is 5.32 Å². The van der Waals surface area contributed by atoms with Crippen molar-refractivity contribution in [2.45, 2.75) is 23.5 Å². The van der Waals surface area contributed by atoms with Crippen LogP contribution in [0.4, 0.5) is 4.39 Å². The minimum absolute atomic E-state index is 0.186. The average Bonchev–Trinajstić information content (AvgIpc) is 2.31. The Hall–Kier alpha value is -1.07. The van der Waals surface area contributed by atoms with E-state index >= 15 is 0 Å². The Morgan fingerprint density at radius 1 is 1.53 bits per heavy atom. The molecule has 92 valence electrons. The minimum atomic E-state index is -0.909. The predicted octanol–water partition coefficient (Wildman–Crippen LogP) is 1.31. The van der Waals surface area contributed by atoms with E-state index in [9.17, 15) is 14.3 Å². The second-order valence-electron chi connectivity index (χ2n) is 4.06. The van der Waals surface area contributed by atoms with Crippen LogP contribution >= 0.6 is 11.8 Å². The lowest BCUT2D eigenvalue weighted by Gasteiger charge is -2.25. The third kappa shape index (κ3) is 3.44. The van der Waals surface area contributed by atoms with Crippen molar-refractivity contribution in [1.29, 1.82) is 0 Å². The van der Waals surface area contributed by atoms with Crippen molar-refractivity contribution in [3.8, 4) is 0 Å². The van der Waals surface area contributed by atoms with Gasteiger partial charge in [0, 0.05) is 17.5 Å². The quantitative estimate of drug-likeness (QED) is 0.856. The number of halogens is 1. The van der Waals surface area contributed by atoms with Crippen LogP contribution in [0.25, 0.3) is 0 Å². The maximum absolute atomic E-state index is 12.9. The van der Waals surface area contributed by atoms with E-state index in [1.165, 1.54) is 12.1 Å². The number of hydrogen-bond acceptors (Lipinski definition) is 3. The summed E-state index contributed by atoms with van der Waals surface area (Å²) in [6, 6.07) is 6.47. The molecule has 0 aromatic heterocycles. The lowest BCUT2D eigenvalue weighted by molar-refractivity contribution is -0.131. The van der Waals surface area contributed by atoms with Gasteiger partial charge < -0.3 is 10.4 Å². The van der Waals surface area contributed by atoms with E-state index in [1.54, 1.807) is 17.8 Å². The van der Waals surface area contributed by atoms with E-state index in [0.717, 1.165) is 5.56 Å². The van der Waals surface area contributed by atoms with E-state index in [4.69, 9.17) is 0 Å². The molecule has 0 aliphatic carbocycles. The van der Waals surface area contributed by atoms with Crippen molar-refractivity contribution in [2.24, 2.45) is 0 Å². The molecule has 1 fully saturated rings. The standard InChI is InChI=1S/C12H14FNO2S/c13-9-3-1-2-8(4-9)7-17-10-5-11(15)12(16)14-6-10/h1-4,10-11,15H,5-7H2,(H,14,16). The average molecular weight is 255 g/mol. The van der Waals surface area contributed by atoms with Gasteiger partial charge in [-0.1, -0.05) is 12.1 Å². The Kier molecular flexibility index (Phi) is 4.02. The molecule has 0 bridgehead atoms. The molecule has 0 spiro atoms. The second kappa shape index (κ2) is 5.51. The SMILES string of the molecule is O=C1NCC(SCc2cccc(F)c2)CC1O. The highest BCUT2D eigenvalue weighted by Crippen LogP contribution is 2.23. The summed E-state index contributed by atoms with van der Waals surface area (Å²) in [4.78, 5) is 11.0. The number of carbonyl (C=O) groups is 1. The monoisotopic (exact) mass is 255 g/mol. The van der Waals surface area contributed by atoms with Crippen molar-refractivity contribution in [2.75, 3.05) is 6.54 Å². The Balaban J connectivity index is 1.84. The molecule has 2 unspecified atom stereocenters. The fourth-order valence-electron chi connectivity index (χ4n) is 1.74. The van der Waals surface area contributed by atoms with Gasteiger partial charge in [-0.15, -0.1) is 0 Å². The summed E-state index contributed by atoms with van der Waals surface area (Å²) in [7, 11) is 0. The zero-order valence-electron chi connectivity index (χ0n) is 9.23. The van der Waals surface area contributed by atoms with Crippen molar-refractivity contribution in [3.63, 3.8) is 0 Å². The maximum atomic E-state index is 12.9. The lowest BCUT2D eigenvalue weighted by Crippen LogP contribution is -2.46. The first-order valence-electron chi connectivity index (χ1n) is 5.47. The van der Waals surface area contributed by atoms with Crippen molar-refractivity contribution < 1.29 is 14.3 Å². The summed E-state index contributed by atoms with van der Waals surface area (Å²) in [5.41, 5.74) is 0.918. The first kappa shape index (κ1) is 12.4. The van der Waals surface area contributed by atoms with Crippen LogP contribution in [0.5, 0.6) is 0 Å². The number of thioether (sulfide) groups is 1. The number of hydrogen-bond donors (Lipinski definition) is 2. The van der Waals surface area contributed by atoms with Gasteiger partial charge in [0.25, 0.3) is 0 Å². The van der Waals surface area contributed by atoms with Crippen LogP contribution in [0.15, 0.2) is 24.3 Å². The molecule has 2 atom stereocenters. The van der Waals surface area contributed by atoms with Gasteiger partial charge in [0.1, 0.15) is 11.9 Å². The molecular weight excluding hydrogens is 241 g/mol. The van der Waals surface area contributed by atoms with Crippen LogP contribution in [0.2, 0.25) is 0 Å². The minimum Gasteiger partial charge on any atom is -0.383 e. The second-order valence-corrected chi connectivity index (χ2v) is 5.35. The van der Waals surface area contributed by atoms with Gasteiger partial charge in [-0.2, -0.15) is 11.8 Å². The van der Waals surface area contributed by atoms with E-state index < -0.39 is 6.10 Å². The maximum Gasteiger partial charge on any atom is 0.248 e. The number of piperidine rings is 1. The number of nitrogens with one attached hydrogen (secondary N) is 1. The molecular formula is C12H14FNO2S. The molecule has 1 amide bonds. The highest BCUT2D eigenvalue weighted by atomic mass is 32.2. The summed E-state index contributed by atoms with van der Waals surface area (Å²) in [5, 5.41) is 12.2. The lowest BCUT2D eigenvalue weighted by atomic mass is 10.1. The van der Waals surface area contributed by atoms with Crippen LogP contribution in [0.1, 0.15) is 12.0 Å². The molecule has 1 aliphatic rings. The number of benzene rings is 1. The fraction of sp³-hybridized carbons (Fsp3) is 0.417. The Morgan fingerprint density at radius 2 is 2.35 bits per heavy atom. The van der Waals surface area contributed by atoms with Crippen molar-refractivity contribution in [3.05, 3.63) is 35.6 Å². The molecule has 17 heavy (non-hydrogen) atoms. The Bertz CT molecular complexity index is 413. The molecule has 0 radical (unpaired) electrons. The van der Waals surface area contributed by atoms with E-state index in [0.29, 0.717) is 18.7 Å². The van der Waals surface area contributed by atoms with Crippen molar-refractivity contribution in [1.82, 2.24) is 5.32 Å². The highest BCUT2D eigenvalue weighted by Gasteiger charge is 2.26. The first-order valence-corrected chi connectivity index (χ1v) is 6.52. The fourth-order valence-corrected chi connectivity index (χ4v) is 2.87. The number of aliphatic hydroxyl groups is 1. The molecule has 1 aromatic carbocycles. The van der Waals surface area contributed by atoms with Gasteiger partial charge in [0.15, 0.2) is 0 Å². The largest absolute Gasteiger partial charge is 0.383 e. The highest BCUT2D eigenvalue weighted by molar-refractivity contribution is 7.99. The predicted molar refractivity (Wildman–Crippen MR) is 65.1 cm³/mol. The molecule has 5 heteroatoms. The number of amides is 1. The zero-order chi connectivity index (χ0) is 12.3. The van der Waals surface area contributed by atoms with E-state index in [1.807, 2.05) is 6.07 Å². The topological polar surface area (TPSA) is 49.3 Å². The van der Waals surface area contributed by atoms with Gasteiger partial charge in [0.2, 0.25) is 5.91 Å². The zero-order valence-corrected chi connectivity index (χ0v) is 10.0. The number of aliphatic hydroxyl groups excluding tert-OH is 1. The smallest absolute Gasteiger partial charge is 0.248 e. The molecule has 1 aromatic rings. The van der Waals surface area contributed by atoms with Gasteiger partial charge in [-0.3, -0.25) is 4.79 Å². The third-order valence-electron chi connectivity index (χ3n) is 2.67. The summed E-state index contributed by atoms with van der Waals surface area (Å²) >= 11 is 1.62. The van der Waals surface area contributed by atoms with Crippen LogP contribution in [0, 0.1) is 5.82 Å². The van der Waals surface area contributed by atoms with Crippen LogP contribution in [-0.4, -0.2) is 28.9 Å². The van der Waals surface area contributed by atoms with Crippen molar-refractivity contribution >= 4 is 17.7 Å². The summed E-state index contributed by atoms with van der Waals surface area (Å²) < 4.78 is 12.9. The molecule has 1 heterocycles. The third-order valence-corrected chi connectivity index (χ3v) is 4.00. The molecule has 1 saturated heterocycles. The number of rotatable bonds is 3. The first-order chi connectivity index (χ1) is 8.15. The van der Waals surface area contributed by atoms with Gasteiger partial charge in [0.05, 0.1) is 0 Å². The molecule has 1 aliphatic heterocycles. The molecule has 0 saturated carbocycles.